The molecular weight excluding hydrogens is 314 g/mol. The van der Waals surface area contributed by atoms with Gasteiger partial charge in [0.15, 0.2) is 9.84 Å². The van der Waals surface area contributed by atoms with E-state index in [1.54, 1.807) is 18.2 Å². The van der Waals surface area contributed by atoms with Gasteiger partial charge in [0.25, 0.3) is 0 Å². The van der Waals surface area contributed by atoms with Gasteiger partial charge in [0.1, 0.15) is 0 Å². The molecule has 18 heavy (non-hydrogen) atoms. The van der Waals surface area contributed by atoms with E-state index in [0.717, 1.165) is 30.2 Å². The standard InChI is InChI=1S/C13H18BrNO2S/c1-9-2-5-11(6-3-9)18(16,17)13-8-10(14)4-7-12(13)15/h4,7-9,11H,2-3,5-6,15H2,1H3. The highest BCUT2D eigenvalue weighted by atomic mass is 79.9. The van der Waals surface area contributed by atoms with Gasteiger partial charge in [-0.05, 0) is 49.8 Å². The second kappa shape index (κ2) is 5.21. The minimum Gasteiger partial charge on any atom is -0.398 e. The molecule has 100 valence electrons. The predicted molar refractivity (Wildman–Crippen MR) is 77.2 cm³/mol. The number of hydrogen-bond donors (Lipinski definition) is 1. The van der Waals surface area contributed by atoms with Crippen molar-refractivity contribution in [2.24, 2.45) is 5.92 Å². The van der Waals surface area contributed by atoms with E-state index in [2.05, 4.69) is 22.9 Å². The summed E-state index contributed by atoms with van der Waals surface area (Å²) in [6.07, 6.45) is 3.46. The number of rotatable bonds is 2. The van der Waals surface area contributed by atoms with E-state index in [-0.39, 0.29) is 10.1 Å². The molecule has 0 heterocycles. The maximum Gasteiger partial charge on any atom is 0.183 e. The minimum absolute atomic E-state index is 0.273. The van der Waals surface area contributed by atoms with Crippen LogP contribution in [0.3, 0.4) is 0 Å². The van der Waals surface area contributed by atoms with Crippen molar-refractivity contribution in [3.05, 3.63) is 22.7 Å². The first-order valence-electron chi connectivity index (χ1n) is 6.20. The van der Waals surface area contributed by atoms with Crippen LogP contribution in [0.1, 0.15) is 32.6 Å². The summed E-state index contributed by atoms with van der Waals surface area (Å²) in [6.45, 7) is 2.18. The lowest BCUT2D eigenvalue weighted by atomic mass is 9.91. The highest BCUT2D eigenvalue weighted by Crippen LogP contribution is 2.34. The number of nitrogens with two attached hydrogens (primary N) is 1. The summed E-state index contributed by atoms with van der Waals surface area (Å²) >= 11 is 3.30. The highest BCUT2D eigenvalue weighted by Gasteiger charge is 2.32. The van der Waals surface area contributed by atoms with Gasteiger partial charge in [-0.2, -0.15) is 0 Å². The van der Waals surface area contributed by atoms with E-state index in [1.165, 1.54) is 0 Å². The van der Waals surface area contributed by atoms with Crippen molar-refractivity contribution in [3.63, 3.8) is 0 Å². The number of sulfone groups is 1. The van der Waals surface area contributed by atoms with Crippen LogP contribution in [0.5, 0.6) is 0 Å². The molecule has 2 N–H and O–H groups in total. The Bertz CT molecular complexity index is 534. The van der Waals surface area contributed by atoms with Gasteiger partial charge >= 0.3 is 0 Å². The second-order valence-electron chi connectivity index (χ2n) is 5.11. The van der Waals surface area contributed by atoms with Crippen LogP contribution in [0, 0.1) is 5.92 Å². The normalized spacial score (nSPS) is 25.0. The van der Waals surface area contributed by atoms with Crippen LogP contribution in [0.25, 0.3) is 0 Å². The van der Waals surface area contributed by atoms with Gasteiger partial charge in [-0.25, -0.2) is 8.42 Å². The maximum atomic E-state index is 12.6. The van der Waals surface area contributed by atoms with Crippen molar-refractivity contribution in [3.8, 4) is 0 Å². The Morgan fingerprint density at radius 3 is 2.44 bits per heavy atom. The third-order valence-electron chi connectivity index (χ3n) is 3.68. The number of nitrogen functional groups attached to an aromatic ring is 1. The van der Waals surface area contributed by atoms with Crippen molar-refractivity contribution in [2.45, 2.75) is 42.8 Å². The summed E-state index contributed by atoms with van der Waals surface area (Å²) in [6, 6.07) is 5.02. The topological polar surface area (TPSA) is 60.2 Å². The molecule has 0 amide bonds. The van der Waals surface area contributed by atoms with E-state index >= 15 is 0 Å². The Labute approximate surface area is 117 Å². The summed E-state index contributed by atoms with van der Waals surface area (Å²) in [4.78, 5) is 0.274. The Balaban J connectivity index is 2.33. The molecular formula is C13H18BrNO2S. The first-order chi connectivity index (χ1) is 8.41. The van der Waals surface area contributed by atoms with E-state index in [9.17, 15) is 8.42 Å². The average molecular weight is 332 g/mol. The zero-order valence-electron chi connectivity index (χ0n) is 10.4. The first kappa shape index (κ1) is 13.9. The lowest BCUT2D eigenvalue weighted by Gasteiger charge is -2.26. The summed E-state index contributed by atoms with van der Waals surface area (Å²) in [5, 5.41) is -0.273. The molecule has 0 saturated heterocycles. The molecule has 0 bridgehead atoms. The van der Waals surface area contributed by atoms with Crippen LogP contribution in [-0.2, 0) is 9.84 Å². The van der Waals surface area contributed by atoms with E-state index < -0.39 is 9.84 Å². The van der Waals surface area contributed by atoms with Crippen molar-refractivity contribution in [1.82, 2.24) is 0 Å². The third-order valence-corrected chi connectivity index (χ3v) is 6.49. The first-order valence-corrected chi connectivity index (χ1v) is 8.54. The quantitative estimate of drug-likeness (QED) is 0.845. The molecule has 0 unspecified atom stereocenters. The van der Waals surface area contributed by atoms with Crippen LogP contribution in [-0.4, -0.2) is 13.7 Å². The summed E-state index contributed by atoms with van der Waals surface area (Å²) in [5.74, 6) is 0.635. The van der Waals surface area contributed by atoms with Gasteiger partial charge in [-0.3, -0.25) is 0 Å². The van der Waals surface area contributed by atoms with E-state index in [1.807, 2.05) is 0 Å². The van der Waals surface area contributed by atoms with Crippen LogP contribution in [0.2, 0.25) is 0 Å². The number of halogens is 1. The molecule has 0 aromatic heterocycles. The maximum absolute atomic E-state index is 12.6. The number of hydrogen-bond acceptors (Lipinski definition) is 3. The molecule has 0 aliphatic heterocycles. The summed E-state index contributed by atoms with van der Waals surface area (Å²) in [7, 11) is -3.29. The molecule has 1 fully saturated rings. The summed E-state index contributed by atoms with van der Waals surface area (Å²) in [5.41, 5.74) is 6.15. The minimum atomic E-state index is -3.29. The Hall–Kier alpha value is -0.550. The van der Waals surface area contributed by atoms with Gasteiger partial charge in [0.2, 0.25) is 0 Å². The van der Waals surface area contributed by atoms with Crippen molar-refractivity contribution < 1.29 is 8.42 Å². The van der Waals surface area contributed by atoms with Crippen LogP contribution in [0.4, 0.5) is 5.69 Å². The Kier molecular flexibility index (Phi) is 4.02. The lowest BCUT2D eigenvalue weighted by molar-refractivity contribution is 0.382. The zero-order chi connectivity index (χ0) is 13.3. The molecule has 3 nitrogen and oxygen atoms in total. The molecule has 2 rings (SSSR count). The molecule has 1 saturated carbocycles. The molecule has 1 aromatic rings. The lowest BCUT2D eigenvalue weighted by Crippen LogP contribution is -2.27. The van der Waals surface area contributed by atoms with Gasteiger partial charge in [0, 0.05) is 4.47 Å². The largest absolute Gasteiger partial charge is 0.398 e. The molecule has 5 heteroatoms. The second-order valence-corrected chi connectivity index (χ2v) is 8.22. The van der Waals surface area contributed by atoms with Crippen LogP contribution < -0.4 is 5.73 Å². The van der Waals surface area contributed by atoms with Crippen molar-refractivity contribution in [1.29, 1.82) is 0 Å². The van der Waals surface area contributed by atoms with Crippen LogP contribution in [0.15, 0.2) is 27.6 Å². The molecule has 1 aromatic carbocycles. The molecule has 1 aliphatic rings. The fraction of sp³-hybridized carbons (Fsp3) is 0.538. The number of anilines is 1. The SMILES string of the molecule is CC1CCC(S(=O)(=O)c2cc(Br)ccc2N)CC1. The fourth-order valence-electron chi connectivity index (χ4n) is 2.47. The molecule has 1 aliphatic carbocycles. The molecule has 0 spiro atoms. The van der Waals surface area contributed by atoms with E-state index in [4.69, 9.17) is 5.73 Å². The molecule has 0 radical (unpaired) electrons. The monoisotopic (exact) mass is 331 g/mol. The molecule has 0 atom stereocenters. The van der Waals surface area contributed by atoms with Gasteiger partial charge in [-0.15, -0.1) is 0 Å². The fourth-order valence-corrected chi connectivity index (χ4v) is 4.93. The Morgan fingerprint density at radius 2 is 1.83 bits per heavy atom. The highest BCUT2D eigenvalue weighted by molar-refractivity contribution is 9.10. The van der Waals surface area contributed by atoms with Crippen molar-refractivity contribution >= 4 is 31.5 Å². The van der Waals surface area contributed by atoms with Gasteiger partial charge in [-0.1, -0.05) is 22.9 Å². The van der Waals surface area contributed by atoms with Crippen LogP contribution >= 0.6 is 15.9 Å². The average Bonchev–Trinajstić information content (AvgIpc) is 2.32. The zero-order valence-corrected chi connectivity index (χ0v) is 12.8. The Morgan fingerprint density at radius 1 is 1.22 bits per heavy atom. The summed E-state index contributed by atoms with van der Waals surface area (Å²) < 4.78 is 25.9. The van der Waals surface area contributed by atoms with Gasteiger partial charge < -0.3 is 5.73 Å². The predicted octanol–water partition coefficient (Wildman–Crippen LogP) is 3.38. The van der Waals surface area contributed by atoms with Gasteiger partial charge in [0.05, 0.1) is 15.8 Å². The smallest absolute Gasteiger partial charge is 0.183 e. The third kappa shape index (κ3) is 2.72. The van der Waals surface area contributed by atoms with Crippen molar-refractivity contribution in [2.75, 3.05) is 5.73 Å². The number of benzene rings is 1. The van der Waals surface area contributed by atoms with E-state index in [0.29, 0.717) is 11.6 Å².